The molecule has 0 fully saturated rings. The van der Waals surface area contributed by atoms with Crippen LogP contribution in [0.3, 0.4) is 0 Å². The molecular weight excluding hydrogens is 591 g/mol. The Morgan fingerprint density at radius 2 is 0.816 bits per heavy atom. The molecule has 230 valence electrons. The van der Waals surface area contributed by atoms with Crippen LogP contribution < -0.4 is 4.90 Å². The summed E-state index contributed by atoms with van der Waals surface area (Å²) in [7, 11) is 0. The summed E-state index contributed by atoms with van der Waals surface area (Å²) in [5.41, 5.74) is 10.5. The summed E-state index contributed by atoms with van der Waals surface area (Å²) >= 11 is 0. The number of para-hydroxylation sites is 1. The van der Waals surface area contributed by atoms with Gasteiger partial charge in [0.1, 0.15) is 0 Å². The summed E-state index contributed by atoms with van der Waals surface area (Å²) in [6.45, 7) is 0. The molecule has 0 aliphatic rings. The molecule has 0 aromatic heterocycles. The molecule has 9 rings (SSSR count). The summed E-state index contributed by atoms with van der Waals surface area (Å²) in [5, 5.41) is 7.60. The highest BCUT2D eigenvalue weighted by Gasteiger charge is 2.19. The van der Waals surface area contributed by atoms with Crippen LogP contribution in [0.1, 0.15) is 0 Å². The van der Waals surface area contributed by atoms with Crippen LogP contribution in [0, 0.1) is 0 Å². The first-order valence-corrected chi connectivity index (χ1v) is 16.8. The van der Waals surface area contributed by atoms with Crippen molar-refractivity contribution in [3.8, 4) is 33.4 Å². The van der Waals surface area contributed by atoms with E-state index in [-0.39, 0.29) is 0 Å². The number of rotatable bonds is 6. The van der Waals surface area contributed by atoms with Gasteiger partial charge in [-0.2, -0.15) is 0 Å². The van der Waals surface area contributed by atoms with E-state index in [1.54, 1.807) is 0 Å². The minimum Gasteiger partial charge on any atom is -0.310 e. The Labute approximate surface area is 287 Å². The van der Waals surface area contributed by atoms with Crippen molar-refractivity contribution >= 4 is 49.4 Å². The van der Waals surface area contributed by atoms with E-state index >= 15 is 0 Å². The number of fused-ring (bicyclic) bond motifs is 5. The van der Waals surface area contributed by atoms with Crippen molar-refractivity contribution in [3.63, 3.8) is 0 Å². The Morgan fingerprint density at radius 1 is 0.286 bits per heavy atom. The SMILES string of the molecule is c1ccc(-c2cccc(N(c3ccccc3)c3ccc(-c4ccccc4)cc3-c3ccc4ccc5ccc6ccccc6c5c4c3)c2)cc1. The molecule has 1 heteroatoms. The molecule has 0 radical (unpaired) electrons. The van der Waals surface area contributed by atoms with Crippen LogP contribution in [0.2, 0.25) is 0 Å². The minimum atomic E-state index is 1.11. The third-order valence-electron chi connectivity index (χ3n) is 9.61. The predicted molar refractivity (Wildman–Crippen MR) is 210 cm³/mol. The average molecular weight is 624 g/mol. The molecule has 49 heavy (non-hydrogen) atoms. The lowest BCUT2D eigenvalue weighted by molar-refractivity contribution is 1.28. The van der Waals surface area contributed by atoms with Crippen molar-refractivity contribution in [1.82, 2.24) is 0 Å². The van der Waals surface area contributed by atoms with Crippen LogP contribution >= 0.6 is 0 Å². The molecule has 9 aromatic carbocycles. The van der Waals surface area contributed by atoms with E-state index in [4.69, 9.17) is 0 Å². The molecular formula is C48H33N. The number of anilines is 3. The van der Waals surface area contributed by atoms with E-state index in [0.717, 1.165) is 17.1 Å². The molecule has 0 saturated carbocycles. The van der Waals surface area contributed by atoms with Crippen LogP contribution in [0.25, 0.3) is 65.7 Å². The van der Waals surface area contributed by atoms with Gasteiger partial charge in [0.05, 0.1) is 5.69 Å². The normalized spacial score (nSPS) is 11.3. The van der Waals surface area contributed by atoms with Gasteiger partial charge >= 0.3 is 0 Å². The Bertz CT molecular complexity index is 2580. The zero-order valence-electron chi connectivity index (χ0n) is 27.0. The average Bonchev–Trinajstić information content (AvgIpc) is 3.19. The monoisotopic (exact) mass is 623 g/mol. The minimum absolute atomic E-state index is 1.11. The van der Waals surface area contributed by atoms with Gasteiger partial charge in [-0.3, -0.25) is 0 Å². The van der Waals surface area contributed by atoms with E-state index in [9.17, 15) is 0 Å². The fourth-order valence-electron chi connectivity index (χ4n) is 7.22. The fourth-order valence-corrected chi connectivity index (χ4v) is 7.22. The van der Waals surface area contributed by atoms with Crippen LogP contribution in [0.4, 0.5) is 17.1 Å². The van der Waals surface area contributed by atoms with E-state index in [0.29, 0.717) is 0 Å². The van der Waals surface area contributed by atoms with Gasteiger partial charge in [0.15, 0.2) is 0 Å². The number of hydrogen-bond donors (Lipinski definition) is 0. The topological polar surface area (TPSA) is 3.24 Å². The smallest absolute Gasteiger partial charge is 0.0540 e. The Morgan fingerprint density at radius 3 is 1.55 bits per heavy atom. The van der Waals surface area contributed by atoms with Gasteiger partial charge < -0.3 is 4.90 Å². The summed E-state index contributed by atoms with van der Waals surface area (Å²) in [4.78, 5) is 2.40. The van der Waals surface area contributed by atoms with Crippen molar-refractivity contribution in [2.24, 2.45) is 0 Å². The lowest BCUT2D eigenvalue weighted by Crippen LogP contribution is -2.11. The summed E-state index contributed by atoms with van der Waals surface area (Å²) < 4.78 is 0. The van der Waals surface area contributed by atoms with Gasteiger partial charge in [-0.1, -0.05) is 158 Å². The van der Waals surface area contributed by atoms with Gasteiger partial charge in [-0.15, -0.1) is 0 Å². The standard InChI is InChI=1S/C48H33N/c1-4-13-34(14-5-1)39-18-12-21-43(31-39)49(42-19-8-3-9-20-42)47-30-29-40(35-15-6-2-7-16-35)32-45(47)41-28-25-37-24-27-38-26-23-36-17-10-11-22-44(36)48(38)46(37)33-41/h1-33H. The van der Waals surface area contributed by atoms with Gasteiger partial charge in [-0.05, 0) is 103 Å². The molecule has 0 spiro atoms. The highest BCUT2D eigenvalue weighted by atomic mass is 15.1. The lowest BCUT2D eigenvalue weighted by atomic mass is 9.92. The highest BCUT2D eigenvalue weighted by Crippen LogP contribution is 2.44. The quantitative estimate of drug-likeness (QED) is 0.167. The number of nitrogens with zero attached hydrogens (tertiary/aromatic N) is 1. The molecule has 0 saturated heterocycles. The lowest BCUT2D eigenvalue weighted by Gasteiger charge is -2.29. The maximum Gasteiger partial charge on any atom is 0.0540 e. The third-order valence-corrected chi connectivity index (χ3v) is 9.61. The van der Waals surface area contributed by atoms with Gasteiger partial charge in [-0.25, -0.2) is 0 Å². The highest BCUT2D eigenvalue weighted by molar-refractivity contribution is 6.20. The third kappa shape index (κ3) is 5.32. The maximum absolute atomic E-state index is 2.40. The largest absolute Gasteiger partial charge is 0.310 e. The van der Waals surface area contributed by atoms with E-state index in [1.807, 2.05) is 0 Å². The first-order chi connectivity index (χ1) is 24.3. The number of benzene rings is 9. The molecule has 9 aromatic rings. The first-order valence-electron chi connectivity index (χ1n) is 16.8. The van der Waals surface area contributed by atoms with Crippen LogP contribution in [0.15, 0.2) is 200 Å². The fraction of sp³-hybridized carbons (Fsp3) is 0. The van der Waals surface area contributed by atoms with E-state index in [2.05, 4.69) is 205 Å². The van der Waals surface area contributed by atoms with E-state index in [1.165, 1.54) is 65.7 Å². The van der Waals surface area contributed by atoms with Crippen LogP contribution in [0.5, 0.6) is 0 Å². The van der Waals surface area contributed by atoms with Crippen LogP contribution in [-0.4, -0.2) is 0 Å². The summed E-state index contributed by atoms with van der Waals surface area (Å²) in [6, 6.07) is 72.5. The Kier molecular flexibility index (Phi) is 7.22. The molecule has 1 nitrogen and oxygen atoms in total. The Balaban J connectivity index is 1.32. The second kappa shape index (κ2) is 12.3. The second-order valence-corrected chi connectivity index (χ2v) is 12.6. The first kappa shape index (κ1) is 28.8. The Hall–Kier alpha value is -6.44. The van der Waals surface area contributed by atoms with Crippen molar-refractivity contribution in [2.45, 2.75) is 0 Å². The predicted octanol–water partition coefficient (Wildman–Crippen LogP) is 13.6. The van der Waals surface area contributed by atoms with Crippen LogP contribution in [-0.2, 0) is 0 Å². The molecule has 0 atom stereocenters. The molecule has 0 amide bonds. The number of hydrogen-bond acceptors (Lipinski definition) is 1. The van der Waals surface area contributed by atoms with Gasteiger partial charge in [0.2, 0.25) is 0 Å². The zero-order valence-corrected chi connectivity index (χ0v) is 27.0. The zero-order chi connectivity index (χ0) is 32.6. The maximum atomic E-state index is 2.40. The van der Waals surface area contributed by atoms with Crippen molar-refractivity contribution < 1.29 is 0 Å². The molecule has 0 aliphatic carbocycles. The van der Waals surface area contributed by atoms with Gasteiger partial charge in [0.25, 0.3) is 0 Å². The second-order valence-electron chi connectivity index (χ2n) is 12.6. The van der Waals surface area contributed by atoms with Crippen molar-refractivity contribution in [1.29, 1.82) is 0 Å². The van der Waals surface area contributed by atoms with Crippen molar-refractivity contribution in [3.05, 3.63) is 200 Å². The molecule has 0 heterocycles. The van der Waals surface area contributed by atoms with Gasteiger partial charge in [0, 0.05) is 16.9 Å². The van der Waals surface area contributed by atoms with E-state index < -0.39 is 0 Å². The summed E-state index contributed by atoms with van der Waals surface area (Å²) in [6.07, 6.45) is 0. The molecule has 0 bridgehead atoms. The van der Waals surface area contributed by atoms with Crippen molar-refractivity contribution in [2.75, 3.05) is 4.90 Å². The molecule has 0 N–H and O–H groups in total. The summed E-state index contributed by atoms with van der Waals surface area (Å²) in [5.74, 6) is 0. The molecule has 0 aliphatic heterocycles. The molecule has 0 unspecified atom stereocenters.